The van der Waals surface area contributed by atoms with Crippen molar-refractivity contribution in [2.75, 3.05) is 13.7 Å². The van der Waals surface area contributed by atoms with Crippen molar-refractivity contribution in [2.45, 2.75) is 75.3 Å². The first kappa shape index (κ1) is 25.7. The van der Waals surface area contributed by atoms with Crippen LogP contribution in [0.25, 0.3) is 0 Å². The molecule has 10 atom stereocenters. The maximum Gasteiger partial charge on any atom is 0.229 e. The van der Waals surface area contributed by atoms with E-state index in [4.69, 9.17) is 23.7 Å². The number of methoxy groups -OCH3 is 1. The Balaban J connectivity index is 1.69. The lowest BCUT2D eigenvalue weighted by atomic mass is 9.98. The Kier molecular flexibility index (Phi) is 8.26. The zero-order valence-electron chi connectivity index (χ0n) is 18.3. The highest BCUT2D eigenvalue weighted by molar-refractivity contribution is 5.94. The van der Waals surface area contributed by atoms with Gasteiger partial charge < -0.3 is 54.3 Å². The summed E-state index contributed by atoms with van der Waals surface area (Å²) in [5, 5.41) is 60.6. The summed E-state index contributed by atoms with van der Waals surface area (Å²) in [6.45, 7) is 2.46. The number of hydrogen-bond donors (Lipinski definition) is 6. The average Bonchev–Trinajstić information content (AvgIpc) is 2.80. The number of hydrogen-bond acceptors (Lipinski definition) is 12. The second kappa shape index (κ2) is 10.6. The summed E-state index contributed by atoms with van der Waals surface area (Å²) in [4.78, 5) is 11.6. The molecule has 12 nitrogen and oxygen atoms in total. The van der Waals surface area contributed by atoms with Crippen LogP contribution in [0.3, 0.4) is 0 Å². The topological polar surface area (TPSA) is 185 Å². The molecule has 2 aliphatic rings. The third-order valence-corrected chi connectivity index (χ3v) is 5.71. The summed E-state index contributed by atoms with van der Waals surface area (Å²) in [6, 6.07) is 4.38. The number of ether oxygens (including phenoxy) is 5. The number of rotatable bonds is 7. The van der Waals surface area contributed by atoms with Crippen molar-refractivity contribution in [2.24, 2.45) is 0 Å². The molecule has 0 aliphatic carbocycles. The van der Waals surface area contributed by atoms with E-state index in [2.05, 4.69) is 0 Å². The van der Waals surface area contributed by atoms with Crippen molar-refractivity contribution < 1.29 is 59.1 Å². The molecule has 2 fully saturated rings. The molecule has 12 heteroatoms. The molecule has 0 spiro atoms. The molecule has 0 amide bonds. The quantitative estimate of drug-likeness (QED) is 0.238. The first-order chi connectivity index (χ1) is 15.5. The number of Topliss-reactive ketones (excluding diaryl/α,β-unsaturated/α-hetero) is 1. The zero-order chi connectivity index (χ0) is 24.4. The van der Waals surface area contributed by atoms with Gasteiger partial charge in [0.1, 0.15) is 42.7 Å². The van der Waals surface area contributed by atoms with Gasteiger partial charge in [-0.25, -0.2) is 0 Å². The van der Waals surface area contributed by atoms with Crippen LogP contribution in [0.15, 0.2) is 18.2 Å². The third-order valence-electron chi connectivity index (χ3n) is 5.71. The lowest BCUT2D eigenvalue weighted by Crippen LogP contribution is -2.61. The van der Waals surface area contributed by atoms with Crippen LogP contribution in [0, 0.1) is 0 Å². The molecule has 33 heavy (non-hydrogen) atoms. The van der Waals surface area contributed by atoms with Gasteiger partial charge in [-0.15, -0.1) is 0 Å². The Morgan fingerprint density at radius 2 is 1.52 bits per heavy atom. The maximum absolute atomic E-state index is 11.6. The predicted octanol–water partition coefficient (Wildman–Crippen LogP) is -2.07. The summed E-state index contributed by atoms with van der Waals surface area (Å²) >= 11 is 0. The second-order valence-corrected chi connectivity index (χ2v) is 8.07. The zero-order valence-corrected chi connectivity index (χ0v) is 18.3. The highest BCUT2D eigenvalue weighted by Crippen LogP contribution is 2.32. The molecular weight excluding hydrogens is 444 g/mol. The lowest BCUT2D eigenvalue weighted by Gasteiger charge is -2.42. The van der Waals surface area contributed by atoms with Crippen molar-refractivity contribution >= 4 is 5.78 Å². The van der Waals surface area contributed by atoms with E-state index < -0.39 is 68.0 Å². The minimum atomic E-state index is -1.66. The fraction of sp³-hybridized carbons (Fsp3) is 0.667. The van der Waals surface area contributed by atoms with Crippen molar-refractivity contribution in [1.82, 2.24) is 0 Å². The van der Waals surface area contributed by atoms with Gasteiger partial charge in [0.15, 0.2) is 23.6 Å². The average molecular weight is 474 g/mol. The molecule has 0 saturated carbocycles. The van der Waals surface area contributed by atoms with Crippen molar-refractivity contribution in [3.63, 3.8) is 0 Å². The number of carbonyl (C=O) groups is 1. The van der Waals surface area contributed by atoms with E-state index in [9.17, 15) is 35.4 Å². The number of benzene rings is 1. The summed E-state index contributed by atoms with van der Waals surface area (Å²) in [5.74, 6) is 0.114. The van der Waals surface area contributed by atoms with Crippen LogP contribution < -0.4 is 9.47 Å². The predicted molar refractivity (Wildman–Crippen MR) is 109 cm³/mol. The summed E-state index contributed by atoms with van der Waals surface area (Å²) < 4.78 is 27.2. The summed E-state index contributed by atoms with van der Waals surface area (Å²) in [5.41, 5.74) is 0.374. The van der Waals surface area contributed by atoms with Crippen molar-refractivity contribution in [3.05, 3.63) is 23.8 Å². The van der Waals surface area contributed by atoms with Gasteiger partial charge in [0.2, 0.25) is 6.29 Å². The van der Waals surface area contributed by atoms with Crippen molar-refractivity contribution in [1.29, 1.82) is 0 Å². The van der Waals surface area contributed by atoms with Gasteiger partial charge in [0.05, 0.1) is 19.8 Å². The van der Waals surface area contributed by atoms with Crippen LogP contribution in [0.5, 0.6) is 11.5 Å². The molecule has 0 unspecified atom stereocenters. The molecular formula is C21H30O12. The van der Waals surface area contributed by atoms with Crippen LogP contribution in [0.1, 0.15) is 24.2 Å². The van der Waals surface area contributed by atoms with Gasteiger partial charge in [-0.2, -0.15) is 0 Å². The molecule has 0 bridgehead atoms. The first-order valence-electron chi connectivity index (χ1n) is 10.4. The summed E-state index contributed by atoms with van der Waals surface area (Å²) in [7, 11) is 1.36. The van der Waals surface area contributed by atoms with E-state index in [0.29, 0.717) is 5.56 Å². The molecule has 0 aromatic heterocycles. The normalized spacial score (nSPS) is 39.2. The van der Waals surface area contributed by atoms with Crippen LogP contribution in [-0.2, 0) is 14.2 Å². The monoisotopic (exact) mass is 474 g/mol. The van der Waals surface area contributed by atoms with Crippen LogP contribution >= 0.6 is 0 Å². The smallest absolute Gasteiger partial charge is 0.229 e. The maximum atomic E-state index is 11.6. The Bertz CT molecular complexity index is 818. The van der Waals surface area contributed by atoms with Crippen LogP contribution in [0.4, 0.5) is 0 Å². The minimum Gasteiger partial charge on any atom is -0.493 e. The highest BCUT2D eigenvalue weighted by Gasteiger charge is 2.47. The van der Waals surface area contributed by atoms with Crippen LogP contribution in [0.2, 0.25) is 0 Å². The SMILES string of the molecule is COc1cc(C(C)=O)ccc1O[C@@H]1O[C@@H](CO[C@@H]2O[C@H](C)[C@H](O)[C@@H](O)[C@H]2O)[C@@H](O)[C@H](O)[C@H]1O. The molecule has 6 N–H and O–H groups in total. The second-order valence-electron chi connectivity index (χ2n) is 8.07. The standard InChI is InChI=1S/C21H30O12/c1-8(22)10-4-5-11(12(6-10)29-3)32-21-19(28)17(26)15(24)13(33-21)7-30-20-18(27)16(25)14(23)9(2)31-20/h4-6,9,13-21,23-28H,7H2,1-3H3/t9-,13+,14+,15-,16-,17+,18-,19-,20-,21-/m1/s1. The molecule has 3 rings (SSSR count). The Labute approximate surface area is 189 Å². The van der Waals surface area contributed by atoms with Gasteiger partial charge in [0, 0.05) is 5.56 Å². The van der Waals surface area contributed by atoms with E-state index in [1.165, 1.54) is 39.2 Å². The Morgan fingerprint density at radius 1 is 0.879 bits per heavy atom. The Morgan fingerprint density at radius 3 is 2.15 bits per heavy atom. The minimum absolute atomic E-state index is 0.117. The number of ketones is 1. The third kappa shape index (κ3) is 5.45. The van der Waals surface area contributed by atoms with E-state index in [1.807, 2.05) is 0 Å². The van der Waals surface area contributed by atoms with E-state index >= 15 is 0 Å². The molecule has 1 aromatic carbocycles. The first-order valence-corrected chi connectivity index (χ1v) is 10.4. The number of aliphatic hydroxyl groups is 6. The summed E-state index contributed by atoms with van der Waals surface area (Å²) in [6.07, 6.45) is -14.1. The molecule has 2 aliphatic heterocycles. The van der Waals surface area contributed by atoms with E-state index in [0.717, 1.165) is 0 Å². The fourth-order valence-electron chi connectivity index (χ4n) is 3.60. The molecule has 1 aromatic rings. The number of carbonyl (C=O) groups excluding carboxylic acids is 1. The fourth-order valence-corrected chi connectivity index (χ4v) is 3.60. The Hall–Kier alpha value is -1.87. The van der Waals surface area contributed by atoms with Gasteiger partial charge in [-0.05, 0) is 32.0 Å². The molecule has 2 saturated heterocycles. The lowest BCUT2D eigenvalue weighted by molar-refractivity contribution is -0.318. The van der Waals surface area contributed by atoms with Gasteiger partial charge in [0.25, 0.3) is 0 Å². The van der Waals surface area contributed by atoms with E-state index in [1.54, 1.807) is 0 Å². The van der Waals surface area contributed by atoms with Crippen LogP contribution in [-0.4, -0.2) is 112 Å². The van der Waals surface area contributed by atoms with Gasteiger partial charge in [-0.1, -0.05) is 0 Å². The van der Waals surface area contributed by atoms with E-state index in [-0.39, 0.29) is 17.3 Å². The van der Waals surface area contributed by atoms with Gasteiger partial charge in [-0.3, -0.25) is 4.79 Å². The molecule has 2 heterocycles. The largest absolute Gasteiger partial charge is 0.493 e. The highest BCUT2D eigenvalue weighted by atomic mass is 16.7. The molecule has 0 radical (unpaired) electrons. The molecule has 186 valence electrons. The van der Waals surface area contributed by atoms with Crippen molar-refractivity contribution in [3.8, 4) is 11.5 Å². The van der Waals surface area contributed by atoms with Gasteiger partial charge >= 0.3 is 0 Å². The number of aliphatic hydroxyl groups excluding tert-OH is 6.